The van der Waals surface area contributed by atoms with Gasteiger partial charge in [-0.25, -0.2) is 4.79 Å². The number of aromatic nitrogens is 1. The zero-order valence-electron chi connectivity index (χ0n) is 15.9. The standard InChI is InChI=1S/C24H20N2O3/c1-16(29-24(28)22-15-18-11-5-7-13-20(18)25-22)23(27)26-21-14-8-6-12-19(21)17-9-3-2-4-10-17/h2-16,25H,1H3,(H,26,27). The SMILES string of the molecule is CC(OC(=O)c1cc2ccccc2[nH]1)C(=O)Nc1ccccc1-c1ccccc1. The Balaban J connectivity index is 1.47. The molecule has 0 saturated carbocycles. The molecule has 0 radical (unpaired) electrons. The number of nitrogens with one attached hydrogen (secondary N) is 2. The number of esters is 1. The first kappa shape index (κ1) is 18.5. The first-order valence-electron chi connectivity index (χ1n) is 9.36. The van der Waals surface area contributed by atoms with E-state index in [1.165, 1.54) is 0 Å². The van der Waals surface area contributed by atoms with Crippen LogP contribution in [0.1, 0.15) is 17.4 Å². The molecular formula is C24H20N2O3. The molecule has 1 heterocycles. The maximum atomic E-state index is 12.6. The van der Waals surface area contributed by atoms with Crippen LogP contribution in [0.2, 0.25) is 0 Å². The monoisotopic (exact) mass is 384 g/mol. The molecule has 144 valence electrons. The second-order valence-corrected chi connectivity index (χ2v) is 6.72. The summed E-state index contributed by atoms with van der Waals surface area (Å²) in [6, 6.07) is 26.6. The lowest BCUT2D eigenvalue weighted by Gasteiger charge is -2.15. The summed E-state index contributed by atoms with van der Waals surface area (Å²) in [6.45, 7) is 1.56. The van der Waals surface area contributed by atoms with E-state index in [9.17, 15) is 9.59 Å². The van der Waals surface area contributed by atoms with Gasteiger partial charge in [-0.1, -0.05) is 66.7 Å². The normalized spacial score (nSPS) is 11.8. The van der Waals surface area contributed by atoms with Crippen molar-refractivity contribution in [2.45, 2.75) is 13.0 Å². The van der Waals surface area contributed by atoms with Gasteiger partial charge in [-0.3, -0.25) is 4.79 Å². The third-order valence-electron chi connectivity index (χ3n) is 4.67. The lowest BCUT2D eigenvalue weighted by molar-refractivity contribution is -0.123. The van der Waals surface area contributed by atoms with Gasteiger partial charge in [0.25, 0.3) is 5.91 Å². The van der Waals surface area contributed by atoms with E-state index in [1.807, 2.05) is 78.9 Å². The van der Waals surface area contributed by atoms with Gasteiger partial charge in [0, 0.05) is 22.2 Å². The molecule has 4 rings (SSSR count). The van der Waals surface area contributed by atoms with Gasteiger partial charge >= 0.3 is 5.97 Å². The van der Waals surface area contributed by atoms with E-state index in [2.05, 4.69) is 10.3 Å². The Labute approximate surface area is 168 Å². The molecule has 1 amide bonds. The lowest BCUT2D eigenvalue weighted by atomic mass is 10.0. The van der Waals surface area contributed by atoms with E-state index in [0.717, 1.165) is 22.0 Å². The highest BCUT2D eigenvalue weighted by Crippen LogP contribution is 2.27. The molecule has 2 N–H and O–H groups in total. The Morgan fingerprint density at radius 2 is 1.59 bits per heavy atom. The van der Waals surface area contributed by atoms with Crippen molar-refractivity contribution in [3.8, 4) is 11.1 Å². The molecule has 0 bridgehead atoms. The first-order valence-corrected chi connectivity index (χ1v) is 9.36. The van der Waals surface area contributed by atoms with Gasteiger partial charge < -0.3 is 15.0 Å². The first-order chi connectivity index (χ1) is 14.1. The summed E-state index contributed by atoms with van der Waals surface area (Å²) in [4.78, 5) is 28.1. The quantitative estimate of drug-likeness (QED) is 0.475. The Morgan fingerprint density at radius 3 is 2.38 bits per heavy atom. The average molecular weight is 384 g/mol. The van der Waals surface area contributed by atoms with Crippen LogP contribution in [-0.4, -0.2) is 23.0 Å². The van der Waals surface area contributed by atoms with Crippen LogP contribution in [0.15, 0.2) is 84.9 Å². The summed E-state index contributed by atoms with van der Waals surface area (Å²) in [5.41, 5.74) is 3.71. The molecule has 4 aromatic rings. The topological polar surface area (TPSA) is 71.2 Å². The molecule has 5 nitrogen and oxygen atoms in total. The number of ether oxygens (including phenoxy) is 1. The number of H-pyrrole nitrogens is 1. The predicted octanol–water partition coefficient (Wildman–Crippen LogP) is 5.02. The van der Waals surface area contributed by atoms with Gasteiger partial charge in [0.15, 0.2) is 6.10 Å². The zero-order valence-corrected chi connectivity index (χ0v) is 15.9. The van der Waals surface area contributed by atoms with Crippen LogP contribution in [0, 0.1) is 0 Å². The van der Waals surface area contributed by atoms with Crippen molar-refractivity contribution in [2.24, 2.45) is 0 Å². The molecule has 0 spiro atoms. The minimum atomic E-state index is -0.947. The summed E-state index contributed by atoms with van der Waals surface area (Å²) in [5.74, 6) is -0.960. The third kappa shape index (κ3) is 4.04. The number of amides is 1. The summed E-state index contributed by atoms with van der Waals surface area (Å²) in [6.07, 6.45) is -0.947. The summed E-state index contributed by atoms with van der Waals surface area (Å²) in [7, 11) is 0. The van der Waals surface area contributed by atoms with Crippen LogP contribution >= 0.6 is 0 Å². The van der Waals surface area contributed by atoms with E-state index < -0.39 is 18.0 Å². The van der Waals surface area contributed by atoms with Crippen molar-refractivity contribution in [2.75, 3.05) is 5.32 Å². The number of hydrogen-bond donors (Lipinski definition) is 2. The van der Waals surface area contributed by atoms with Crippen LogP contribution in [0.25, 0.3) is 22.0 Å². The van der Waals surface area contributed by atoms with Gasteiger partial charge in [0.1, 0.15) is 5.69 Å². The van der Waals surface area contributed by atoms with Crippen molar-refractivity contribution < 1.29 is 14.3 Å². The van der Waals surface area contributed by atoms with Crippen LogP contribution in [0.4, 0.5) is 5.69 Å². The van der Waals surface area contributed by atoms with Crippen molar-refractivity contribution in [3.05, 3.63) is 90.6 Å². The van der Waals surface area contributed by atoms with Crippen LogP contribution in [-0.2, 0) is 9.53 Å². The Hall–Kier alpha value is -3.86. The number of benzene rings is 3. The second kappa shape index (κ2) is 8.02. The van der Waals surface area contributed by atoms with Gasteiger partial charge in [-0.2, -0.15) is 0 Å². The van der Waals surface area contributed by atoms with E-state index in [-0.39, 0.29) is 0 Å². The van der Waals surface area contributed by atoms with Crippen LogP contribution < -0.4 is 5.32 Å². The number of para-hydroxylation sites is 2. The average Bonchev–Trinajstić information content (AvgIpc) is 3.19. The summed E-state index contributed by atoms with van der Waals surface area (Å²) in [5, 5.41) is 3.78. The Morgan fingerprint density at radius 1 is 0.897 bits per heavy atom. The number of hydrogen-bond acceptors (Lipinski definition) is 3. The van der Waals surface area contributed by atoms with Gasteiger partial charge in [-0.05, 0) is 30.7 Å². The molecule has 0 aliphatic heterocycles. The Bertz CT molecular complexity index is 1130. The fourth-order valence-electron chi connectivity index (χ4n) is 3.16. The molecule has 0 saturated heterocycles. The molecule has 1 unspecified atom stereocenters. The van der Waals surface area contributed by atoms with Crippen molar-refractivity contribution in [3.63, 3.8) is 0 Å². The molecule has 5 heteroatoms. The van der Waals surface area contributed by atoms with Crippen molar-refractivity contribution in [1.29, 1.82) is 0 Å². The molecule has 1 atom stereocenters. The molecule has 29 heavy (non-hydrogen) atoms. The van der Waals surface area contributed by atoms with E-state index in [1.54, 1.807) is 13.0 Å². The highest BCUT2D eigenvalue weighted by Gasteiger charge is 2.21. The number of anilines is 1. The molecule has 0 aliphatic carbocycles. The fraction of sp³-hybridized carbons (Fsp3) is 0.0833. The minimum absolute atomic E-state index is 0.315. The van der Waals surface area contributed by atoms with Crippen LogP contribution in [0.5, 0.6) is 0 Å². The van der Waals surface area contributed by atoms with Crippen LogP contribution in [0.3, 0.4) is 0 Å². The summed E-state index contributed by atoms with van der Waals surface area (Å²) < 4.78 is 5.36. The fourth-order valence-corrected chi connectivity index (χ4v) is 3.16. The number of carbonyl (C=O) groups is 2. The number of aromatic amines is 1. The number of fused-ring (bicyclic) bond motifs is 1. The molecule has 1 aromatic heterocycles. The molecule has 3 aromatic carbocycles. The smallest absolute Gasteiger partial charge is 0.355 e. The highest BCUT2D eigenvalue weighted by atomic mass is 16.5. The minimum Gasteiger partial charge on any atom is -0.448 e. The maximum absolute atomic E-state index is 12.6. The van der Waals surface area contributed by atoms with Crippen molar-refractivity contribution >= 4 is 28.5 Å². The van der Waals surface area contributed by atoms with Crippen molar-refractivity contribution in [1.82, 2.24) is 4.98 Å². The highest BCUT2D eigenvalue weighted by molar-refractivity contribution is 6.00. The number of carbonyl (C=O) groups excluding carboxylic acids is 2. The Kier molecular flexibility index (Phi) is 5.12. The largest absolute Gasteiger partial charge is 0.448 e. The zero-order chi connectivity index (χ0) is 20.2. The van der Waals surface area contributed by atoms with Gasteiger partial charge in [0.2, 0.25) is 0 Å². The van der Waals surface area contributed by atoms with E-state index in [0.29, 0.717) is 11.4 Å². The molecule has 0 aliphatic rings. The van der Waals surface area contributed by atoms with E-state index >= 15 is 0 Å². The summed E-state index contributed by atoms with van der Waals surface area (Å²) >= 11 is 0. The molecular weight excluding hydrogens is 364 g/mol. The van der Waals surface area contributed by atoms with E-state index in [4.69, 9.17) is 4.74 Å². The maximum Gasteiger partial charge on any atom is 0.355 e. The predicted molar refractivity (Wildman–Crippen MR) is 114 cm³/mol. The van der Waals surface area contributed by atoms with Gasteiger partial charge in [-0.15, -0.1) is 0 Å². The van der Waals surface area contributed by atoms with Gasteiger partial charge in [0.05, 0.1) is 0 Å². The lowest BCUT2D eigenvalue weighted by Crippen LogP contribution is -2.30. The third-order valence-corrected chi connectivity index (χ3v) is 4.67. The second-order valence-electron chi connectivity index (χ2n) is 6.72. The number of rotatable bonds is 5. The molecule has 0 fully saturated rings.